The van der Waals surface area contributed by atoms with Crippen LogP contribution < -0.4 is 5.32 Å². The molecule has 1 aromatic carbocycles. The number of benzene rings is 1. The second-order valence-electron chi connectivity index (χ2n) is 6.45. The van der Waals surface area contributed by atoms with Gasteiger partial charge in [0, 0.05) is 22.2 Å². The first-order valence-corrected chi connectivity index (χ1v) is 9.62. The SMILES string of the molecule is Cc1nc(-c2ccc(CCNC(=O)CSC(C)(C)C)cc2)cs1. The van der Waals surface area contributed by atoms with Crippen LogP contribution in [0, 0.1) is 6.92 Å². The molecule has 2 aromatic rings. The molecule has 0 aliphatic rings. The monoisotopic (exact) mass is 348 g/mol. The van der Waals surface area contributed by atoms with Crippen LogP contribution in [0.1, 0.15) is 31.3 Å². The fraction of sp³-hybridized carbons (Fsp3) is 0.444. The lowest BCUT2D eigenvalue weighted by molar-refractivity contribution is -0.118. The van der Waals surface area contributed by atoms with E-state index in [0.717, 1.165) is 22.7 Å². The first-order chi connectivity index (χ1) is 10.8. The van der Waals surface area contributed by atoms with Crippen molar-refractivity contribution in [2.45, 2.75) is 38.9 Å². The van der Waals surface area contributed by atoms with E-state index in [0.29, 0.717) is 12.3 Å². The van der Waals surface area contributed by atoms with Crippen LogP contribution in [0.5, 0.6) is 0 Å². The number of carbonyl (C=O) groups excluding carboxylic acids is 1. The fourth-order valence-corrected chi connectivity index (χ4v) is 3.31. The highest BCUT2D eigenvalue weighted by Gasteiger charge is 2.12. The molecule has 1 aromatic heterocycles. The normalized spacial score (nSPS) is 11.5. The highest BCUT2D eigenvalue weighted by molar-refractivity contribution is 8.01. The lowest BCUT2D eigenvalue weighted by atomic mass is 10.1. The average Bonchev–Trinajstić information content (AvgIpc) is 2.92. The Morgan fingerprint density at radius 3 is 2.52 bits per heavy atom. The van der Waals surface area contributed by atoms with E-state index in [2.05, 4.69) is 60.7 Å². The van der Waals surface area contributed by atoms with E-state index < -0.39 is 0 Å². The maximum Gasteiger partial charge on any atom is 0.230 e. The van der Waals surface area contributed by atoms with Crippen LogP contribution in [0.15, 0.2) is 29.6 Å². The molecule has 0 radical (unpaired) electrons. The molecule has 3 nitrogen and oxygen atoms in total. The number of aryl methyl sites for hydroxylation is 1. The van der Waals surface area contributed by atoms with Crippen LogP contribution >= 0.6 is 23.1 Å². The van der Waals surface area contributed by atoms with E-state index in [4.69, 9.17) is 0 Å². The van der Waals surface area contributed by atoms with Gasteiger partial charge in [0.15, 0.2) is 0 Å². The topological polar surface area (TPSA) is 42.0 Å². The molecule has 5 heteroatoms. The van der Waals surface area contributed by atoms with E-state index in [9.17, 15) is 4.79 Å². The second kappa shape index (κ2) is 7.97. The standard InChI is InChI=1S/C18H24N2OS2/c1-13-20-16(11-22-13)15-7-5-14(6-8-15)9-10-19-17(21)12-23-18(2,3)4/h5-8,11H,9-10,12H2,1-4H3,(H,19,21). The summed E-state index contributed by atoms with van der Waals surface area (Å²) in [7, 11) is 0. The summed E-state index contributed by atoms with van der Waals surface area (Å²) in [6, 6.07) is 8.42. The number of nitrogens with one attached hydrogen (secondary N) is 1. The average molecular weight is 349 g/mol. The maximum atomic E-state index is 11.8. The highest BCUT2D eigenvalue weighted by Crippen LogP contribution is 2.23. The quantitative estimate of drug-likeness (QED) is 0.846. The Morgan fingerprint density at radius 1 is 1.26 bits per heavy atom. The Hall–Kier alpha value is -1.33. The first kappa shape index (κ1) is 18.0. The van der Waals surface area contributed by atoms with Crippen molar-refractivity contribution in [3.8, 4) is 11.3 Å². The van der Waals surface area contributed by atoms with Gasteiger partial charge in [0.05, 0.1) is 16.5 Å². The molecule has 124 valence electrons. The van der Waals surface area contributed by atoms with Crippen molar-refractivity contribution in [3.63, 3.8) is 0 Å². The number of hydrogen-bond donors (Lipinski definition) is 1. The van der Waals surface area contributed by atoms with Crippen molar-refractivity contribution < 1.29 is 4.79 Å². The lowest BCUT2D eigenvalue weighted by Crippen LogP contribution is -2.28. The zero-order valence-corrected chi connectivity index (χ0v) is 15.8. The van der Waals surface area contributed by atoms with Crippen LogP contribution in [0.2, 0.25) is 0 Å². The molecule has 23 heavy (non-hydrogen) atoms. The van der Waals surface area contributed by atoms with Gasteiger partial charge in [-0.25, -0.2) is 4.98 Å². The van der Waals surface area contributed by atoms with Gasteiger partial charge in [0.1, 0.15) is 0 Å². The zero-order valence-electron chi connectivity index (χ0n) is 14.2. The van der Waals surface area contributed by atoms with Crippen molar-refractivity contribution in [1.82, 2.24) is 10.3 Å². The molecular formula is C18H24N2OS2. The summed E-state index contributed by atoms with van der Waals surface area (Å²) >= 11 is 3.34. The van der Waals surface area contributed by atoms with E-state index in [1.165, 1.54) is 5.56 Å². The van der Waals surface area contributed by atoms with Crippen molar-refractivity contribution >= 4 is 29.0 Å². The molecular weight excluding hydrogens is 324 g/mol. The van der Waals surface area contributed by atoms with Gasteiger partial charge >= 0.3 is 0 Å². The van der Waals surface area contributed by atoms with Gasteiger partial charge in [-0.15, -0.1) is 23.1 Å². The Bertz CT molecular complexity index is 642. The largest absolute Gasteiger partial charge is 0.355 e. The molecule has 0 saturated carbocycles. The van der Waals surface area contributed by atoms with Crippen molar-refractivity contribution in [1.29, 1.82) is 0 Å². The van der Waals surface area contributed by atoms with E-state index in [1.54, 1.807) is 23.1 Å². The van der Waals surface area contributed by atoms with Crippen LogP contribution in [0.3, 0.4) is 0 Å². The molecule has 0 saturated heterocycles. The number of amides is 1. The van der Waals surface area contributed by atoms with E-state index in [-0.39, 0.29) is 10.7 Å². The summed E-state index contributed by atoms with van der Waals surface area (Å²) in [6.07, 6.45) is 0.850. The van der Waals surface area contributed by atoms with Crippen molar-refractivity contribution in [2.24, 2.45) is 0 Å². The number of aromatic nitrogens is 1. The minimum Gasteiger partial charge on any atom is -0.355 e. The molecule has 0 spiro atoms. The number of nitrogens with zero attached hydrogens (tertiary/aromatic N) is 1. The fourth-order valence-electron chi connectivity index (χ4n) is 2.02. The van der Waals surface area contributed by atoms with E-state index in [1.807, 2.05) is 6.92 Å². The summed E-state index contributed by atoms with van der Waals surface area (Å²) < 4.78 is 0.126. The molecule has 0 unspecified atom stereocenters. The van der Waals surface area contributed by atoms with Crippen LogP contribution in [0.25, 0.3) is 11.3 Å². The van der Waals surface area contributed by atoms with Gasteiger partial charge in [-0.05, 0) is 18.9 Å². The third-order valence-corrected chi connectivity index (χ3v) is 5.29. The maximum absolute atomic E-state index is 11.8. The third-order valence-electron chi connectivity index (χ3n) is 3.24. The molecule has 0 atom stereocenters. The lowest BCUT2D eigenvalue weighted by Gasteiger charge is -2.16. The summed E-state index contributed by atoms with van der Waals surface area (Å²) in [5, 5.41) is 6.15. The van der Waals surface area contributed by atoms with Crippen LogP contribution in [0.4, 0.5) is 0 Å². The number of hydrogen-bond acceptors (Lipinski definition) is 4. The van der Waals surface area contributed by atoms with Gasteiger partial charge in [-0.3, -0.25) is 4.79 Å². The number of rotatable bonds is 6. The van der Waals surface area contributed by atoms with Gasteiger partial charge in [0.25, 0.3) is 0 Å². The molecule has 2 rings (SSSR count). The minimum atomic E-state index is 0.111. The summed E-state index contributed by atoms with van der Waals surface area (Å²) in [4.78, 5) is 16.3. The molecule has 0 aliphatic heterocycles. The first-order valence-electron chi connectivity index (χ1n) is 7.75. The Labute approximate surface area is 146 Å². The molecule has 1 N–H and O–H groups in total. The van der Waals surface area contributed by atoms with Crippen molar-refractivity contribution in [3.05, 3.63) is 40.2 Å². The number of carbonyl (C=O) groups is 1. The second-order valence-corrected chi connectivity index (χ2v) is 9.31. The smallest absolute Gasteiger partial charge is 0.230 e. The predicted octanol–water partition coefficient (Wildman–Crippen LogP) is 4.31. The summed E-state index contributed by atoms with van der Waals surface area (Å²) in [5.41, 5.74) is 3.40. The predicted molar refractivity (Wildman–Crippen MR) is 101 cm³/mol. The molecule has 1 heterocycles. The van der Waals surface area contributed by atoms with Gasteiger partial charge in [-0.2, -0.15) is 0 Å². The third kappa shape index (κ3) is 6.36. The van der Waals surface area contributed by atoms with Gasteiger partial charge in [0.2, 0.25) is 5.91 Å². The minimum absolute atomic E-state index is 0.111. The molecule has 0 bridgehead atoms. The molecule has 0 aliphatic carbocycles. The number of thioether (sulfide) groups is 1. The van der Waals surface area contributed by atoms with Crippen LogP contribution in [-0.4, -0.2) is 27.9 Å². The van der Waals surface area contributed by atoms with Crippen LogP contribution in [-0.2, 0) is 11.2 Å². The Kier molecular flexibility index (Phi) is 6.25. The van der Waals surface area contributed by atoms with Crippen molar-refractivity contribution in [2.75, 3.05) is 12.3 Å². The van der Waals surface area contributed by atoms with E-state index >= 15 is 0 Å². The van der Waals surface area contributed by atoms with Gasteiger partial charge in [-0.1, -0.05) is 45.0 Å². The number of thiazole rings is 1. The molecule has 1 amide bonds. The summed E-state index contributed by atoms with van der Waals surface area (Å²) in [6.45, 7) is 9.06. The highest BCUT2D eigenvalue weighted by atomic mass is 32.2. The van der Waals surface area contributed by atoms with Gasteiger partial charge < -0.3 is 5.32 Å². The summed E-state index contributed by atoms with van der Waals surface area (Å²) in [5.74, 6) is 0.630. The molecule has 0 fully saturated rings. The zero-order chi connectivity index (χ0) is 16.9. The Balaban J connectivity index is 1.77. The Morgan fingerprint density at radius 2 is 1.96 bits per heavy atom.